The number of benzene rings is 1. The Balaban J connectivity index is 2.72. The molecule has 1 aromatic carbocycles. The van der Waals surface area contributed by atoms with E-state index in [1.54, 1.807) is 24.3 Å². The van der Waals surface area contributed by atoms with Crippen LogP contribution in [-0.2, 0) is 4.79 Å². The van der Waals surface area contributed by atoms with E-state index in [2.05, 4.69) is 0 Å². The number of esters is 1. The van der Waals surface area contributed by atoms with Gasteiger partial charge in [-0.3, -0.25) is 0 Å². The summed E-state index contributed by atoms with van der Waals surface area (Å²) in [6, 6.07) is 8.61. The zero-order valence-corrected chi connectivity index (χ0v) is 8.81. The SMILES string of the molecule is CC(O)C(C)(N)C(=O)Oc1ccccc1. The molecule has 0 amide bonds. The van der Waals surface area contributed by atoms with Crippen molar-refractivity contribution in [2.75, 3.05) is 0 Å². The van der Waals surface area contributed by atoms with Gasteiger partial charge in [0.05, 0.1) is 6.10 Å². The molecule has 15 heavy (non-hydrogen) atoms. The van der Waals surface area contributed by atoms with Crippen LogP contribution in [-0.4, -0.2) is 22.7 Å². The van der Waals surface area contributed by atoms with E-state index in [0.29, 0.717) is 5.75 Å². The van der Waals surface area contributed by atoms with Crippen molar-refractivity contribution in [1.29, 1.82) is 0 Å². The van der Waals surface area contributed by atoms with E-state index in [1.807, 2.05) is 6.07 Å². The lowest BCUT2D eigenvalue weighted by Gasteiger charge is -2.24. The van der Waals surface area contributed by atoms with Crippen LogP contribution in [0.3, 0.4) is 0 Å². The first kappa shape index (κ1) is 11.7. The molecule has 0 fully saturated rings. The third kappa shape index (κ3) is 2.78. The number of aliphatic hydroxyl groups is 1. The first-order valence-corrected chi connectivity index (χ1v) is 4.69. The Morgan fingerprint density at radius 3 is 2.47 bits per heavy atom. The standard InChI is InChI=1S/C11H15NO3/c1-8(13)11(2,12)10(14)15-9-6-4-3-5-7-9/h3-8,13H,12H2,1-2H3. The molecule has 3 N–H and O–H groups in total. The molecule has 0 aliphatic rings. The fourth-order valence-corrected chi connectivity index (χ4v) is 0.876. The van der Waals surface area contributed by atoms with Gasteiger partial charge in [0.2, 0.25) is 0 Å². The Bertz CT molecular complexity index is 333. The number of carbonyl (C=O) groups excluding carboxylic acids is 1. The van der Waals surface area contributed by atoms with Gasteiger partial charge in [-0.25, -0.2) is 4.79 Å². The summed E-state index contributed by atoms with van der Waals surface area (Å²) >= 11 is 0. The van der Waals surface area contributed by atoms with E-state index in [4.69, 9.17) is 10.5 Å². The molecule has 0 saturated carbocycles. The summed E-state index contributed by atoms with van der Waals surface area (Å²) in [5.74, 6) is -0.233. The molecule has 4 nitrogen and oxygen atoms in total. The number of ether oxygens (including phenoxy) is 1. The van der Waals surface area contributed by atoms with Gasteiger partial charge in [-0.05, 0) is 26.0 Å². The highest BCUT2D eigenvalue weighted by Gasteiger charge is 2.35. The molecular weight excluding hydrogens is 194 g/mol. The summed E-state index contributed by atoms with van der Waals surface area (Å²) in [7, 11) is 0. The largest absolute Gasteiger partial charge is 0.425 e. The minimum atomic E-state index is -1.39. The average Bonchev–Trinajstić information content (AvgIpc) is 2.18. The van der Waals surface area contributed by atoms with Crippen molar-refractivity contribution in [1.82, 2.24) is 0 Å². The van der Waals surface area contributed by atoms with Crippen molar-refractivity contribution >= 4 is 5.97 Å². The van der Waals surface area contributed by atoms with Gasteiger partial charge < -0.3 is 15.6 Å². The van der Waals surface area contributed by atoms with Crippen molar-refractivity contribution in [3.63, 3.8) is 0 Å². The number of hydrogen-bond donors (Lipinski definition) is 2. The maximum absolute atomic E-state index is 11.6. The van der Waals surface area contributed by atoms with Crippen LogP contribution in [0.15, 0.2) is 30.3 Å². The summed E-state index contributed by atoms with van der Waals surface area (Å²) in [5.41, 5.74) is 4.23. The molecule has 1 rings (SSSR count). The number of hydrogen-bond acceptors (Lipinski definition) is 4. The topological polar surface area (TPSA) is 72.5 Å². The molecule has 0 radical (unpaired) electrons. The fraction of sp³-hybridized carbons (Fsp3) is 0.364. The van der Waals surface area contributed by atoms with E-state index < -0.39 is 17.6 Å². The number of para-hydroxylation sites is 1. The number of aliphatic hydroxyl groups excluding tert-OH is 1. The molecule has 2 atom stereocenters. The van der Waals surface area contributed by atoms with Crippen LogP contribution in [0, 0.1) is 0 Å². The third-order valence-corrected chi connectivity index (χ3v) is 2.26. The number of rotatable bonds is 3. The van der Waals surface area contributed by atoms with E-state index >= 15 is 0 Å². The Labute approximate surface area is 88.7 Å². The first-order valence-electron chi connectivity index (χ1n) is 4.69. The fourth-order valence-electron chi connectivity index (χ4n) is 0.876. The van der Waals surface area contributed by atoms with Crippen molar-refractivity contribution in [2.45, 2.75) is 25.5 Å². The molecule has 0 aliphatic carbocycles. The normalized spacial score (nSPS) is 16.5. The molecule has 0 bridgehead atoms. The van der Waals surface area contributed by atoms with Crippen LogP contribution in [0.25, 0.3) is 0 Å². The molecule has 1 aromatic rings. The summed E-state index contributed by atoms with van der Waals surface area (Å²) in [6.07, 6.45) is -0.964. The van der Waals surface area contributed by atoms with Gasteiger partial charge in [-0.2, -0.15) is 0 Å². The number of carbonyl (C=O) groups is 1. The monoisotopic (exact) mass is 209 g/mol. The van der Waals surface area contributed by atoms with Crippen LogP contribution < -0.4 is 10.5 Å². The molecule has 0 heterocycles. The number of nitrogens with two attached hydrogens (primary N) is 1. The zero-order valence-electron chi connectivity index (χ0n) is 8.81. The van der Waals surface area contributed by atoms with Crippen molar-refractivity contribution in [2.24, 2.45) is 5.73 Å². The quantitative estimate of drug-likeness (QED) is 0.567. The van der Waals surface area contributed by atoms with E-state index in [-0.39, 0.29) is 0 Å². The highest BCUT2D eigenvalue weighted by atomic mass is 16.5. The van der Waals surface area contributed by atoms with Gasteiger partial charge in [0.25, 0.3) is 0 Å². The predicted molar refractivity (Wildman–Crippen MR) is 56.4 cm³/mol. The molecule has 0 saturated heterocycles. The highest BCUT2D eigenvalue weighted by molar-refractivity contribution is 5.82. The second-order valence-electron chi connectivity index (χ2n) is 3.66. The minimum absolute atomic E-state index is 0.417. The summed E-state index contributed by atoms with van der Waals surface area (Å²) in [5, 5.41) is 9.30. The van der Waals surface area contributed by atoms with Gasteiger partial charge >= 0.3 is 5.97 Å². The van der Waals surface area contributed by atoms with E-state index in [9.17, 15) is 9.90 Å². The van der Waals surface area contributed by atoms with Gasteiger partial charge in [0.15, 0.2) is 0 Å². The van der Waals surface area contributed by atoms with Gasteiger partial charge in [-0.15, -0.1) is 0 Å². The zero-order chi connectivity index (χ0) is 11.5. The van der Waals surface area contributed by atoms with E-state index in [1.165, 1.54) is 13.8 Å². The minimum Gasteiger partial charge on any atom is -0.425 e. The summed E-state index contributed by atoms with van der Waals surface area (Å²) in [6.45, 7) is 2.88. The maximum atomic E-state index is 11.6. The molecule has 0 spiro atoms. The Hall–Kier alpha value is -1.39. The Morgan fingerprint density at radius 2 is 2.00 bits per heavy atom. The molecule has 0 aliphatic heterocycles. The second kappa shape index (κ2) is 4.42. The molecule has 82 valence electrons. The second-order valence-corrected chi connectivity index (χ2v) is 3.66. The summed E-state index contributed by atoms with van der Waals surface area (Å²) < 4.78 is 5.02. The van der Waals surface area contributed by atoms with Crippen LogP contribution in [0.2, 0.25) is 0 Å². The lowest BCUT2D eigenvalue weighted by atomic mass is 9.98. The van der Waals surface area contributed by atoms with E-state index in [0.717, 1.165) is 0 Å². The molecular formula is C11H15NO3. The van der Waals surface area contributed by atoms with Gasteiger partial charge in [0.1, 0.15) is 11.3 Å². The van der Waals surface area contributed by atoms with Crippen molar-refractivity contribution < 1.29 is 14.6 Å². The van der Waals surface area contributed by atoms with Crippen molar-refractivity contribution in [3.05, 3.63) is 30.3 Å². The lowest BCUT2D eigenvalue weighted by molar-refractivity contribution is -0.143. The van der Waals surface area contributed by atoms with Gasteiger partial charge in [0, 0.05) is 0 Å². The average molecular weight is 209 g/mol. The lowest BCUT2D eigenvalue weighted by Crippen LogP contribution is -2.55. The molecule has 2 unspecified atom stereocenters. The Kier molecular flexibility index (Phi) is 3.44. The van der Waals surface area contributed by atoms with Crippen LogP contribution in [0.1, 0.15) is 13.8 Å². The maximum Gasteiger partial charge on any atom is 0.333 e. The highest BCUT2D eigenvalue weighted by Crippen LogP contribution is 2.14. The van der Waals surface area contributed by atoms with Crippen molar-refractivity contribution in [3.8, 4) is 5.75 Å². The van der Waals surface area contributed by atoms with Crippen LogP contribution in [0.5, 0.6) is 5.75 Å². The third-order valence-electron chi connectivity index (χ3n) is 2.26. The Morgan fingerprint density at radius 1 is 1.47 bits per heavy atom. The van der Waals surface area contributed by atoms with Gasteiger partial charge in [-0.1, -0.05) is 18.2 Å². The predicted octanol–water partition coefficient (Wildman–Crippen LogP) is 0.690. The van der Waals surface area contributed by atoms with Crippen LogP contribution in [0.4, 0.5) is 0 Å². The first-order chi connectivity index (χ1) is 6.94. The molecule has 0 aromatic heterocycles. The van der Waals surface area contributed by atoms with Crippen LogP contribution >= 0.6 is 0 Å². The molecule has 4 heteroatoms. The smallest absolute Gasteiger partial charge is 0.333 e. The summed E-state index contributed by atoms with van der Waals surface area (Å²) in [4.78, 5) is 11.6.